The highest BCUT2D eigenvalue weighted by Gasteiger charge is 2.23. The van der Waals surface area contributed by atoms with Gasteiger partial charge >= 0.3 is 0 Å². The molecule has 1 aliphatic rings. The predicted octanol–water partition coefficient (Wildman–Crippen LogP) is 5.01. The Bertz CT molecular complexity index is 1260. The molecule has 0 radical (unpaired) electrons. The van der Waals surface area contributed by atoms with Gasteiger partial charge in [-0.2, -0.15) is 0 Å². The van der Waals surface area contributed by atoms with Crippen LogP contribution in [0.4, 0.5) is 5.69 Å². The van der Waals surface area contributed by atoms with Crippen molar-refractivity contribution in [3.8, 4) is 17.0 Å². The van der Waals surface area contributed by atoms with Crippen LogP contribution in [0.5, 0.6) is 5.75 Å². The number of anilines is 1. The molecule has 33 heavy (non-hydrogen) atoms. The first-order chi connectivity index (χ1) is 16.1. The molecule has 1 saturated heterocycles. The fraction of sp³-hybridized carbons (Fsp3) is 0.280. The third-order valence-electron chi connectivity index (χ3n) is 5.90. The highest BCUT2D eigenvalue weighted by atomic mass is 35.5. The van der Waals surface area contributed by atoms with Gasteiger partial charge in [-0.1, -0.05) is 23.7 Å². The molecule has 170 valence electrons. The lowest BCUT2D eigenvalue weighted by atomic mass is 10.1. The van der Waals surface area contributed by atoms with E-state index in [4.69, 9.17) is 21.3 Å². The van der Waals surface area contributed by atoms with Crippen LogP contribution in [0.1, 0.15) is 12.6 Å². The Morgan fingerprint density at radius 2 is 1.85 bits per heavy atom. The zero-order valence-electron chi connectivity index (χ0n) is 18.4. The maximum absolute atomic E-state index is 13.0. The summed E-state index contributed by atoms with van der Waals surface area (Å²) in [6.45, 7) is 5.56. The van der Waals surface area contributed by atoms with Crippen LogP contribution < -0.4 is 9.64 Å². The molecule has 1 aliphatic heterocycles. The lowest BCUT2D eigenvalue weighted by Gasteiger charge is -2.36. The average Bonchev–Trinajstić information content (AvgIpc) is 3.42. The van der Waals surface area contributed by atoms with E-state index in [0.717, 1.165) is 51.5 Å². The lowest BCUT2D eigenvalue weighted by Crippen LogP contribution is -2.49. The number of amides is 1. The molecule has 0 N–H and O–H groups in total. The van der Waals surface area contributed by atoms with Crippen molar-refractivity contribution in [2.45, 2.75) is 13.3 Å². The van der Waals surface area contributed by atoms with Crippen LogP contribution in [0.15, 0.2) is 60.1 Å². The molecule has 0 atom stereocenters. The first-order valence-electron chi connectivity index (χ1n) is 11.1. The van der Waals surface area contributed by atoms with Gasteiger partial charge in [0.2, 0.25) is 5.91 Å². The first kappa shape index (κ1) is 21.8. The number of piperazine rings is 1. The summed E-state index contributed by atoms with van der Waals surface area (Å²) >= 11 is 7.90. The number of hydrogen-bond acceptors (Lipinski definition) is 5. The van der Waals surface area contributed by atoms with Crippen LogP contribution in [0.3, 0.4) is 0 Å². The molecule has 1 fully saturated rings. The van der Waals surface area contributed by atoms with E-state index in [1.165, 1.54) is 0 Å². The number of carbonyl (C=O) groups is 1. The summed E-state index contributed by atoms with van der Waals surface area (Å²) in [5.74, 6) is 0.994. The smallest absolute Gasteiger partial charge is 0.228 e. The van der Waals surface area contributed by atoms with Gasteiger partial charge in [0.15, 0.2) is 4.96 Å². The van der Waals surface area contributed by atoms with Crippen LogP contribution in [-0.2, 0) is 11.2 Å². The summed E-state index contributed by atoms with van der Waals surface area (Å²) in [4.78, 5) is 22.9. The van der Waals surface area contributed by atoms with Crippen LogP contribution in [0.25, 0.3) is 16.2 Å². The Balaban J connectivity index is 1.25. The Labute approximate surface area is 202 Å². The molecule has 0 bridgehead atoms. The van der Waals surface area contributed by atoms with Crippen molar-refractivity contribution < 1.29 is 9.53 Å². The number of benzene rings is 2. The number of thiazole rings is 1. The van der Waals surface area contributed by atoms with E-state index in [9.17, 15) is 4.79 Å². The number of rotatable bonds is 6. The summed E-state index contributed by atoms with van der Waals surface area (Å²) in [6.07, 6.45) is 2.38. The second-order valence-electron chi connectivity index (χ2n) is 7.96. The third kappa shape index (κ3) is 4.56. The van der Waals surface area contributed by atoms with E-state index in [1.807, 2.05) is 76.3 Å². The normalized spacial score (nSPS) is 14.1. The minimum Gasteiger partial charge on any atom is -0.494 e. The molecular formula is C25H25ClN4O2S. The van der Waals surface area contributed by atoms with E-state index in [1.54, 1.807) is 11.3 Å². The standard InChI is InChI=1S/C25H25ClN4O2S/c1-2-32-20-9-7-18(8-10-20)22-16-30-19(17-33-25(30)27-22)15-24(31)29-13-11-28(12-14-29)23-6-4-3-5-21(23)26/h3-10,16-17H,2,11-15H2,1H3. The summed E-state index contributed by atoms with van der Waals surface area (Å²) in [7, 11) is 0. The van der Waals surface area contributed by atoms with Gasteiger partial charge < -0.3 is 14.5 Å². The van der Waals surface area contributed by atoms with E-state index < -0.39 is 0 Å². The zero-order chi connectivity index (χ0) is 22.8. The minimum atomic E-state index is 0.143. The van der Waals surface area contributed by atoms with Gasteiger partial charge in [0.1, 0.15) is 5.75 Å². The highest BCUT2D eigenvalue weighted by Crippen LogP contribution is 2.27. The minimum absolute atomic E-state index is 0.143. The van der Waals surface area contributed by atoms with Gasteiger partial charge in [-0.05, 0) is 43.3 Å². The maximum Gasteiger partial charge on any atom is 0.228 e. The number of nitrogens with zero attached hydrogens (tertiary/aromatic N) is 4. The summed E-state index contributed by atoms with van der Waals surface area (Å²) in [6, 6.07) is 15.8. The molecule has 6 nitrogen and oxygen atoms in total. The van der Waals surface area contributed by atoms with Crippen LogP contribution in [0, 0.1) is 0 Å². The van der Waals surface area contributed by atoms with Gasteiger partial charge in [0, 0.05) is 49.0 Å². The highest BCUT2D eigenvalue weighted by molar-refractivity contribution is 7.15. The number of hydrogen-bond donors (Lipinski definition) is 0. The van der Waals surface area contributed by atoms with E-state index in [2.05, 4.69) is 4.90 Å². The van der Waals surface area contributed by atoms with Crippen molar-refractivity contribution in [3.05, 3.63) is 70.8 Å². The number of imidazole rings is 1. The van der Waals surface area contributed by atoms with Crippen molar-refractivity contribution in [1.82, 2.24) is 14.3 Å². The van der Waals surface area contributed by atoms with E-state index in [0.29, 0.717) is 26.1 Å². The lowest BCUT2D eigenvalue weighted by molar-refractivity contribution is -0.130. The monoisotopic (exact) mass is 480 g/mol. The molecular weight excluding hydrogens is 456 g/mol. The second kappa shape index (κ2) is 9.45. The van der Waals surface area contributed by atoms with E-state index >= 15 is 0 Å². The quantitative estimate of drug-likeness (QED) is 0.389. The van der Waals surface area contributed by atoms with Gasteiger partial charge in [0.05, 0.1) is 29.4 Å². The molecule has 1 amide bonds. The molecule has 5 rings (SSSR count). The van der Waals surface area contributed by atoms with Crippen LogP contribution in [0.2, 0.25) is 5.02 Å². The van der Waals surface area contributed by atoms with Crippen LogP contribution in [-0.4, -0.2) is 53.0 Å². The van der Waals surface area contributed by atoms with Gasteiger partial charge in [-0.15, -0.1) is 11.3 Å². The topological polar surface area (TPSA) is 50.1 Å². The third-order valence-corrected chi connectivity index (χ3v) is 7.11. The number of carbonyl (C=O) groups excluding carboxylic acids is 1. The maximum atomic E-state index is 13.0. The Kier molecular flexibility index (Phi) is 6.24. The molecule has 0 spiro atoms. The van der Waals surface area contributed by atoms with Crippen molar-refractivity contribution in [3.63, 3.8) is 0 Å². The zero-order valence-corrected chi connectivity index (χ0v) is 20.0. The van der Waals surface area contributed by atoms with Crippen molar-refractivity contribution in [1.29, 1.82) is 0 Å². The number of para-hydroxylation sites is 1. The summed E-state index contributed by atoms with van der Waals surface area (Å²) < 4.78 is 7.56. The first-order valence-corrected chi connectivity index (χ1v) is 12.3. The number of fused-ring (bicyclic) bond motifs is 1. The number of halogens is 1. The fourth-order valence-electron chi connectivity index (χ4n) is 4.16. The van der Waals surface area contributed by atoms with Crippen molar-refractivity contribution >= 4 is 39.5 Å². The molecule has 2 aromatic carbocycles. The number of ether oxygens (including phenoxy) is 1. The van der Waals surface area contributed by atoms with Gasteiger partial charge in [-0.3, -0.25) is 9.20 Å². The molecule has 0 unspecified atom stereocenters. The SMILES string of the molecule is CCOc1ccc(-c2cn3c(CC(=O)N4CCN(c5ccccc5Cl)CC4)csc3n2)cc1. The van der Waals surface area contributed by atoms with E-state index in [-0.39, 0.29) is 5.91 Å². The average molecular weight is 481 g/mol. The fourth-order valence-corrected chi connectivity index (χ4v) is 5.28. The summed E-state index contributed by atoms with van der Waals surface area (Å²) in [5, 5.41) is 2.78. The molecule has 4 aromatic rings. The predicted molar refractivity (Wildman–Crippen MR) is 134 cm³/mol. The van der Waals surface area contributed by atoms with Crippen LogP contribution >= 0.6 is 22.9 Å². The Morgan fingerprint density at radius 1 is 1.09 bits per heavy atom. The molecule has 0 aliphatic carbocycles. The second-order valence-corrected chi connectivity index (χ2v) is 9.20. The molecule has 2 aromatic heterocycles. The Morgan fingerprint density at radius 3 is 2.58 bits per heavy atom. The van der Waals surface area contributed by atoms with Gasteiger partial charge in [-0.25, -0.2) is 4.98 Å². The molecule has 3 heterocycles. The van der Waals surface area contributed by atoms with Gasteiger partial charge in [0.25, 0.3) is 0 Å². The Hall–Kier alpha value is -3.03. The van der Waals surface area contributed by atoms with Crippen molar-refractivity contribution in [2.24, 2.45) is 0 Å². The summed E-state index contributed by atoms with van der Waals surface area (Å²) in [5.41, 5.74) is 3.93. The largest absolute Gasteiger partial charge is 0.494 e. The number of aromatic nitrogens is 2. The molecule has 8 heteroatoms. The molecule has 0 saturated carbocycles. The van der Waals surface area contributed by atoms with Crippen molar-refractivity contribution in [2.75, 3.05) is 37.7 Å².